The molecule has 33 heavy (non-hydrogen) atoms. The van der Waals surface area contributed by atoms with E-state index in [1.54, 1.807) is 7.11 Å². The number of benzene rings is 4. The minimum atomic E-state index is -0.425. The zero-order chi connectivity index (χ0) is 22.6. The van der Waals surface area contributed by atoms with Gasteiger partial charge in [-0.25, -0.2) is 4.79 Å². The smallest absolute Gasteiger partial charge is 0.407 e. The lowest BCUT2D eigenvalue weighted by Gasteiger charge is -2.14. The highest BCUT2D eigenvalue weighted by atomic mass is 16.5. The van der Waals surface area contributed by atoms with E-state index < -0.39 is 6.09 Å². The first kappa shape index (κ1) is 20.8. The highest BCUT2D eigenvalue weighted by Gasteiger charge is 2.28. The van der Waals surface area contributed by atoms with E-state index in [9.17, 15) is 4.79 Å². The summed E-state index contributed by atoms with van der Waals surface area (Å²) in [5.41, 5.74) is 5.83. The van der Waals surface area contributed by atoms with Crippen molar-refractivity contribution in [2.45, 2.75) is 5.92 Å². The molecule has 0 saturated heterocycles. The highest BCUT2D eigenvalue weighted by Crippen LogP contribution is 2.44. The number of hydrogen-bond donors (Lipinski definition) is 1. The van der Waals surface area contributed by atoms with Crippen LogP contribution in [-0.4, -0.2) is 26.4 Å². The van der Waals surface area contributed by atoms with Crippen molar-refractivity contribution in [3.8, 4) is 16.9 Å². The number of hydrogen-bond acceptors (Lipinski definition) is 3. The molecule has 0 heterocycles. The first-order valence-electron chi connectivity index (χ1n) is 11.1. The third-order valence-corrected chi connectivity index (χ3v) is 6.14. The fourth-order valence-corrected chi connectivity index (χ4v) is 4.59. The second-order valence-electron chi connectivity index (χ2n) is 8.01. The highest BCUT2D eigenvalue weighted by molar-refractivity contribution is 5.93. The molecule has 0 unspecified atom stereocenters. The van der Waals surface area contributed by atoms with Gasteiger partial charge in [0.2, 0.25) is 0 Å². The molecule has 0 spiro atoms. The van der Waals surface area contributed by atoms with Crippen LogP contribution in [0.2, 0.25) is 0 Å². The largest absolute Gasteiger partial charge is 0.496 e. The molecular weight excluding hydrogens is 410 g/mol. The number of ether oxygens (including phenoxy) is 2. The Hall–Kier alpha value is -4.05. The van der Waals surface area contributed by atoms with E-state index in [0.29, 0.717) is 13.2 Å². The van der Waals surface area contributed by atoms with Crippen LogP contribution < -0.4 is 10.1 Å². The van der Waals surface area contributed by atoms with Crippen LogP contribution in [0.5, 0.6) is 5.75 Å². The Morgan fingerprint density at radius 2 is 1.55 bits per heavy atom. The fraction of sp³-hybridized carbons (Fsp3) is 0.138. The van der Waals surface area contributed by atoms with Crippen molar-refractivity contribution in [2.75, 3.05) is 20.3 Å². The predicted molar refractivity (Wildman–Crippen MR) is 133 cm³/mol. The van der Waals surface area contributed by atoms with Crippen LogP contribution >= 0.6 is 0 Å². The summed E-state index contributed by atoms with van der Waals surface area (Å²) in [5, 5.41) is 5.07. The van der Waals surface area contributed by atoms with Crippen LogP contribution in [0, 0.1) is 0 Å². The van der Waals surface area contributed by atoms with Crippen LogP contribution in [-0.2, 0) is 4.74 Å². The van der Waals surface area contributed by atoms with Gasteiger partial charge in [-0.2, -0.15) is 0 Å². The van der Waals surface area contributed by atoms with Crippen LogP contribution in [0.25, 0.3) is 28.0 Å². The molecule has 0 bridgehead atoms. The summed E-state index contributed by atoms with van der Waals surface area (Å²) >= 11 is 0. The summed E-state index contributed by atoms with van der Waals surface area (Å²) in [7, 11) is 1.66. The molecule has 0 atom stereocenters. The standard InChI is InChI=1S/C29H25NO3/c1-32-28-17-16-20-9-2-3-10-21(20)26(28)15-8-18-30-29(31)33-19-27-24-13-6-4-11-22(24)23-12-5-7-14-25(23)27/h2-17,27H,18-19H2,1H3,(H,30,31). The lowest BCUT2D eigenvalue weighted by atomic mass is 9.98. The first-order chi connectivity index (χ1) is 16.3. The van der Waals surface area contributed by atoms with Gasteiger partial charge in [0.25, 0.3) is 0 Å². The molecule has 0 aliphatic heterocycles. The number of nitrogens with one attached hydrogen (secondary N) is 1. The molecule has 1 amide bonds. The average molecular weight is 436 g/mol. The maximum absolute atomic E-state index is 12.4. The van der Waals surface area contributed by atoms with Crippen molar-refractivity contribution in [2.24, 2.45) is 0 Å². The van der Waals surface area contributed by atoms with Gasteiger partial charge in [-0.1, -0.05) is 91.0 Å². The lowest BCUT2D eigenvalue weighted by molar-refractivity contribution is 0.144. The summed E-state index contributed by atoms with van der Waals surface area (Å²) in [5.74, 6) is 0.852. The van der Waals surface area contributed by atoms with Crippen LogP contribution in [0.1, 0.15) is 22.6 Å². The maximum atomic E-state index is 12.4. The molecule has 1 aliphatic carbocycles. The van der Waals surface area contributed by atoms with Gasteiger partial charge in [-0.05, 0) is 39.1 Å². The number of fused-ring (bicyclic) bond motifs is 4. The van der Waals surface area contributed by atoms with Crippen molar-refractivity contribution in [1.29, 1.82) is 0 Å². The van der Waals surface area contributed by atoms with Crippen LogP contribution in [0.3, 0.4) is 0 Å². The van der Waals surface area contributed by atoms with Crippen molar-refractivity contribution in [3.63, 3.8) is 0 Å². The Bertz CT molecular complexity index is 1300. The fourth-order valence-electron chi connectivity index (χ4n) is 4.59. The molecule has 4 aromatic carbocycles. The van der Waals surface area contributed by atoms with Gasteiger partial charge in [0, 0.05) is 18.0 Å². The quantitative estimate of drug-likeness (QED) is 0.381. The number of amides is 1. The molecular formula is C29H25NO3. The van der Waals surface area contributed by atoms with Crippen molar-refractivity contribution in [3.05, 3.63) is 108 Å². The van der Waals surface area contributed by atoms with Crippen molar-refractivity contribution < 1.29 is 14.3 Å². The van der Waals surface area contributed by atoms with Gasteiger partial charge in [0.1, 0.15) is 12.4 Å². The number of carbonyl (C=O) groups is 1. The van der Waals surface area contributed by atoms with E-state index in [4.69, 9.17) is 9.47 Å². The van der Waals surface area contributed by atoms with E-state index in [-0.39, 0.29) is 5.92 Å². The molecule has 4 heteroatoms. The minimum Gasteiger partial charge on any atom is -0.496 e. The Labute approximate surface area is 193 Å². The zero-order valence-corrected chi connectivity index (χ0v) is 18.5. The lowest BCUT2D eigenvalue weighted by Crippen LogP contribution is -2.26. The van der Waals surface area contributed by atoms with Gasteiger partial charge >= 0.3 is 6.09 Å². The van der Waals surface area contributed by atoms with E-state index >= 15 is 0 Å². The monoisotopic (exact) mass is 435 g/mol. The summed E-state index contributed by atoms with van der Waals surface area (Å²) < 4.78 is 11.1. The third kappa shape index (κ3) is 4.08. The number of alkyl carbamates (subject to hydrolysis) is 1. The molecule has 1 aliphatic rings. The molecule has 1 N–H and O–H groups in total. The molecule has 5 rings (SSSR count). The van der Waals surface area contributed by atoms with E-state index in [0.717, 1.165) is 22.1 Å². The maximum Gasteiger partial charge on any atom is 0.407 e. The Morgan fingerprint density at radius 1 is 0.879 bits per heavy atom. The molecule has 0 aromatic heterocycles. The second-order valence-corrected chi connectivity index (χ2v) is 8.01. The molecule has 0 radical (unpaired) electrons. The first-order valence-corrected chi connectivity index (χ1v) is 11.1. The molecule has 4 aromatic rings. The van der Waals surface area contributed by atoms with Crippen molar-refractivity contribution >= 4 is 22.9 Å². The van der Waals surface area contributed by atoms with E-state index in [1.807, 2.05) is 60.7 Å². The Balaban J connectivity index is 1.22. The third-order valence-electron chi connectivity index (χ3n) is 6.14. The molecule has 164 valence electrons. The molecule has 0 saturated carbocycles. The summed E-state index contributed by atoms with van der Waals surface area (Å²) in [6.07, 6.45) is 3.46. The zero-order valence-electron chi connectivity index (χ0n) is 18.5. The van der Waals surface area contributed by atoms with Crippen molar-refractivity contribution in [1.82, 2.24) is 5.32 Å². The van der Waals surface area contributed by atoms with Crippen LogP contribution in [0.4, 0.5) is 4.79 Å². The molecule has 0 fully saturated rings. The van der Waals surface area contributed by atoms with Gasteiger partial charge in [-0.15, -0.1) is 0 Å². The summed E-state index contributed by atoms with van der Waals surface area (Å²) in [6.45, 7) is 0.670. The predicted octanol–water partition coefficient (Wildman–Crippen LogP) is 6.40. The average Bonchev–Trinajstić information content (AvgIpc) is 3.19. The topological polar surface area (TPSA) is 47.6 Å². The Morgan fingerprint density at radius 3 is 2.27 bits per heavy atom. The minimum absolute atomic E-state index is 0.0543. The summed E-state index contributed by atoms with van der Waals surface area (Å²) in [4.78, 5) is 12.4. The van der Waals surface area contributed by atoms with E-state index in [2.05, 4.69) is 41.7 Å². The van der Waals surface area contributed by atoms with Gasteiger partial charge in [-0.3, -0.25) is 0 Å². The van der Waals surface area contributed by atoms with Crippen LogP contribution in [0.15, 0.2) is 91.0 Å². The second kappa shape index (κ2) is 9.21. The summed E-state index contributed by atoms with van der Waals surface area (Å²) in [6, 6.07) is 28.8. The number of carbonyl (C=O) groups excluding carboxylic acids is 1. The van der Waals surface area contributed by atoms with Gasteiger partial charge < -0.3 is 14.8 Å². The van der Waals surface area contributed by atoms with E-state index in [1.165, 1.54) is 22.3 Å². The van der Waals surface area contributed by atoms with Gasteiger partial charge in [0.15, 0.2) is 0 Å². The number of rotatable bonds is 6. The van der Waals surface area contributed by atoms with Gasteiger partial charge in [0.05, 0.1) is 7.11 Å². The molecule has 4 nitrogen and oxygen atoms in total. The SMILES string of the molecule is COc1ccc2ccccc2c1C=CCNC(=O)OCC1c2ccccc2-c2ccccc21. The Kier molecular flexibility index (Phi) is 5.81. The number of methoxy groups -OCH3 is 1. The normalized spacial score (nSPS) is 12.5.